The summed E-state index contributed by atoms with van der Waals surface area (Å²) in [5.74, 6) is -0.402. The topological polar surface area (TPSA) is 108 Å². The van der Waals surface area contributed by atoms with Crippen molar-refractivity contribution in [3.05, 3.63) is 54.1 Å². The number of carboxylic acids is 1. The quantitative estimate of drug-likeness (QED) is 0.635. The Morgan fingerprint density at radius 3 is 2.55 bits per heavy atom. The molecule has 0 atom stereocenters. The highest BCUT2D eigenvalue weighted by Gasteiger charge is 2.12. The monoisotopic (exact) mass is 297 g/mol. The number of rotatable bonds is 4. The molecule has 2 aromatic carbocycles. The van der Waals surface area contributed by atoms with Gasteiger partial charge in [-0.05, 0) is 36.4 Å². The summed E-state index contributed by atoms with van der Waals surface area (Å²) < 4.78 is 5.19. The van der Waals surface area contributed by atoms with Crippen LogP contribution in [0.5, 0.6) is 0 Å². The maximum atomic E-state index is 11.0. The van der Waals surface area contributed by atoms with Crippen molar-refractivity contribution in [1.82, 2.24) is 10.1 Å². The van der Waals surface area contributed by atoms with Gasteiger partial charge in [-0.3, -0.25) is 10.7 Å². The number of benzene rings is 2. The van der Waals surface area contributed by atoms with Gasteiger partial charge in [0.15, 0.2) is 0 Å². The van der Waals surface area contributed by atoms with Gasteiger partial charge in [-0.25, -0.2) is 4.79 Å². The van der Waals surface area contributed by atoms with Crippen LogP contribution in [0.25, 0.3) is 22.8 Å². The summed E-state index contributed by atoms with van der Waals surface area (Å²) >= 11 is 0. The van der Waals surface area contributed by atoms with Crippen molar-refractivity contribution in [2.24, 2.45) is 0 Å². The lowest BCUT2D eigenvalue weighted by Crippen LogP contribution is -1.96. The fourth-order valence-electron chi connectivity index (χ4n) is 1.94. The molecule has 1 heterocycles. The van der Waals surface area contributed by atoms with E-state index >= 15 is 0 Å². The lowest BCUT2D eigenvalue weighted by atomic mass is 10.1. The van der Waals surface area contributed by atoms with Gasteiger partial charge in [0.1, 0.15) is 0 Å². The SMILES string of the molecule is O=C(O)c1cccc(-c2noc(-c3ccc(NO)cc3)n2)c1. The molecule has 0 aliphatic carbocycles. The minimum absolute atomic E-state index is 0.155. The Labute approximate surface area is 124 Å². The van der Waals surface area contributed by atoms with Crippen LogP contribution in [-0.4, -0.2) is 26.4 Å². The standard InChI is InChI=1S/C15H11N3O4/c19-15(20)11-3-1-2-10(8-11)13-16-14(22-18-13)9-4-6-12(17-21)7-5-9/h1-8,17,21H,(H,19,20). The molecule has 22 heavy (non-hydrogen) atoms. The van der Waals surface area contributed by atoms with Crippen LogP contribution in [-0.2, 0) is 0 Å². The number of nitrogens with one attached hydrogen (secondary N) is 1. The molecule has 0 bridgehead atoms. The Kier molecular flexibility index (Phi) is 3.55. The maximum absolute atomic E-state index is 11.0. The molecule has 110 valence electrons. The van der Waals surface area contributed by atoms with Gasteiger partial charge in [0.25, 0.3) is 5.89 Å². The van der Waals surface area contributed by atoms with Crippen LogP contribution in [0, 0.1) is 0 Å². The largest absolute Gasteiger partial charge is 0.478 e. The Hall–Kier alpha value is -3.19. The van der Waals surface area contributed by atoms with E-state index in [1.807, 2.05) is 5.48 Å². The molecule has 7 heteroatoms. The molecule has 3 N–H and O–H groups in total. The van der Waals surface area contributed by atoms with E-state index in [2.05, 4.69) is 10.1 Å². The first kappa shape index (κ1) is 13.8. The molecule has 7 nitrogen and oxygen atoms in total. The summed E-state index contributed by atoms with van der Waals surface area (Å²) in [5.41, 5.74) is 3.97. The molecule has 0 unspecified atom stereocenters. The predicted molar refractivity (Wildman–Crippen MR) is 77.5 cm³/mol. The zero-order valence-corrected chi connectivity index (χ0v) is 11.2. The second-order valence-corrected chi connectivity index (χ2v) is 4.50. The fourth-order valence-corrected chi connectivity index (χ4v) is 1.94. The number of anilines is 1. The van der Waals surface area contributed by atoms with E-state index in [0.717, 1.165) is 0 Å². The summed E-state index contributed by atoms with van der Waals surface area (Å²) in [6.07, 6.45) is 0. The summed E-state index contributed by atoms with van der Waals surface area (Å²) in [5, 5.41) is 21.6. The molecule has 0 radical (unpaired) electrons. The zero-order valence-electron chi connectivity index (χ0n) is 11.2. The summed E-state index contributed by atoms with van der Waals surface area (Å²) in [4.78, 5) is 15.2. The van der Waals surface area contributed by atoms with Crippen molar-refractivity contribution < 1.29 is 19.6 Å². The van der Waals surface area contributed by atoms with E-state index in [9.17, 15) is 4.79 Å². The number of aromatic carboxylic acids is 1. The first-order valence-electron chi connectivity index (χ1n) is 6.35. The zero-order chi connectivity index (χ0) is 15.5. The van der Waals surface area contributed by atoms with Crippen molar-refractivity contribution in [3.8, 4) is 22.8 Å². The van der Waals surface area contributed by atoms with Crippen LogP contribution in [0.2, 0.25) is 0 Å². The minimum Gasteiger partial charge on any atom is -0.478 e. The third kappa shape index (κ3) is 2.65. The lowest BCUT2D eigenvalue weighted by molar-refractivity contribution is 0.0697. The Balaban J connectivity index is 1.93. The molecule has 0 aliphatic rings. The van der Waals surface area contributed by atoms with Crippen LogP contribution in [0.1, 0.15) is 10.4 Å². The number of carboxylic acid groups (broad SMARTS) is 1. The average molecular weight is 297 g/mol. The van der Waals surface area contributed by atoms with Crippen molar-refractivity contribution in [2.45, 2.75) is 0 Å². The van der Waals surface area contributed by atoms with Gasteiger partial charge >= 0.3 is 5.97 Å². The van der Waals surface area contributed by atoms with Gasteiger partial charge in [0, 0.05) is 11.1 Å². The van der Waals surface area contributed by atoms with Crippen LogP contribution >= 0.6 is 0 Å². The van der Waals surface area contributed by atoms with Crippen LogP contribution in [0.15, 0.2) is 53.1 Å². The number of hydrogen-bond acceptors (Lipinski definition) is 6. The third-order valence-corrected chi connectivity index (χ3v) is 3.05. The van der Waals surface area contributed by atoms with Gasteiger partial charge in [-0.1, -0.05) is 17.3 Å². The van der Waals surface area contributed by atoms with E-state index < -0.39 is 5.97 Å². The second-order valence-electron chi connectivity index (χ2n) is 4.50. The summed E-state index contributed by atoms with van der Waals surface area (Å²) in [6.45, 7) is 0. The fraction of sp³-hybridized carbons (Fsp3) is 0. The van der Waals surface area contributed by atoms with E-state index in [-0.39, 0.29) is 5.56 Å². The first-order valence-corrected chi connectivity index (χ1v) is 6.35. The molecule has 0 saturated heterocycles. The normalized spacial score (nSPS) is 10.4. The minimum atomic E-state index is -1.02. The second kappa shape index (κ2) is 5.66. The Bertz CT molecular complexity index is 812. The van der Waals surface area contributed by atoms with Crippen molar-refractivity contribution in [2.75, 3.05) is 5.48 Å². The van der Waals surface area contributed by atoms with Crippen molar-refractivity contribution >= 4 is 11.7 Å². The smallest absolute Gasteiger partial charge is 0.335 e. The molecule has 1 aromatic heterocycles. The molecule has 3 rings (SSSR count). The Morgan fingerprint density at radius 1 is 1.09 bits per heavy atom. The number of carbonyl (C=O) groups is 1. The van der Waals surface area contributed by atoms with Gasteiger partial charge in [0.05, 0.1) is 11.3 Å². The van der Waals surface area contributed by atoms with Gasteiger partial charge in [-0.15, -0.1) is 0 Å². The molecule has 0 aliphatic heterocycles. The highest BCUT2D eigenvalue weighted by atomic mass is 16.5. The van der Waals surface area contributed by atoms with Crippen LogP contribution in [0.3, 0.4) is 0 Å². The van der Waals surface area contributed by atoms with E-state index in [1.165, 1.54) is 12.1 Å². The third-order valence-electron chi connectivity index (χ3n) is 3.05. The van der Waals surface area contributed by atoms with E-state index in [4.69, 9.17) is 14.8 Å². The molecule has 0 amide bonds. The van der Waals surface area contributed by atoms with Crippen molar-refractivity contribution in [3.63, 3.8) is 0 Å². The highest BCUT2D eigenvalue weighted by Crippen LogP contribution is 2.23. The lowest BCUT2D eigenvalue weighted by Gasteiger charge is -1.98. The van der Waals surface area contributed by atoms with Crippen LogP contribution in [0.4, 0.5) is 5.69 Å². The predicted octanol–water partition coefficient (Wildman–Crippen LogP) is 2.90. The number of hydrogen-bond donors (Lipinski definition) is 3. The molecule has 0 saturated carbocycles. The van der Waals surface area contributed by atoms with Gasteiger partial charge in [0.2, 0.25) is 5.82 Å². The highest BCUT2D eigenvalue weighted by molar-refractivity contribution is 5.89. The van der Waals surface area contributed by atoms with Gasteiger partial charge in [-0.2, -0.15) is 4.98 Å². The maximum Gasteiger partial charge on any atom is 0.335 e. The van der Waals surface area contributed by atoms with Gasteiger partial charge < -0.3 is 9.63 Å². The Morgan fingerprint density at radius 2 is 1.86 bits per heavy atom. The number of nitrogens with zero attached hydrogens (tertiary/aromatic N) is 2. The molecule has 0 spiro atoms. The summed E-state index contributed by atoms with van der Waals surface area (Å²) in [6, 6.07) is 13.0. The first-order chi connectivity index (χ1) is 10.7. The number of aromatic nitrogens is 2. The molecular formula is C15H11N3O4. The summed E-state index contributed by atoms with van der Waals surface area (Å²) in [7, 11) is 0. The van der Waals surface area contributed by atoms with Crippen molar-refractivity contribution in [1.29, 1.82) is 0 Å². The van der Waals surface area contributed by atoms with E-state index in [0.29, 0.717) is 28.5 Å². The van der Waals surface area contributed by atoms with Crippen LogP contribution < -0.4 is 5.48 Å². The molecular weight excluding hydrogens is 286 g/mol. The molecule has 3 aromatic rings. The molecule has 0 fully saturated rings. The average Bonchev–Trinajstić information content (AvgIpc) is 3.05. The van der Waals surface area contributed by atoms with E-state index in [1.54, 1.807) is 36.4 Å².